The van der Waals surface area contributed by atoms with Gasteiger partial charge in [0.25, 0.3) is 0 Å². The molecule has 5 heteroatoms. The van der Waals surface area contributed by atoms with Crippen LogP contribution in [0.5, 0.6) is 11.5 Å². The van der Waals surface area contributed by atoms with Crippen molar-refractivity contribution in [2.45, 2.75) is 40.5 Å². The van der Waals surface area contributed by atoms with Crippen molar-refractivity contribution >= 4 is 17.1 Å². The van der Waals surface area contributed by atoms with Gasteiger partial charge in [0.1, 0.15) is 18.1 Å². The first-order chi connectivity index (χ1) is 18.8. The Balaban J connectivity index is 1.57. The molecule has 0 N–H and O–H groups in total. The Labute approximate surface area is 232 Å². The van der Waals surface area contributed by atoms with Crippen molar-refractivity contribution in [3.8, 4) is 11.5 Å². The van der Waals surface area contributed by atoms with E-state index in [0.29, 0.717) is 12.4 Å². The maximum Gasteiger partial charge on any atom is 0.316 e. The first-order valence-corrected chi connectivity index (χ1v) is 13.9. The minimum Gasteiger partial charge on any atom is -0.492 e. The molecule has 0 bridgehead atoms. The molecule has 3 aromatic rings. The number of ether oxygens (including phenoxy) is 2. The Morgan fingerprint density at radius 3 is 2.05 bits per heavy atom. The normalized spacial score (nSPS) is 16.6. The molecule has 4 rings (SSSR count). The van der Waals surface area contributed by atoms with Gasteiger partial charge in [0.05, 0.1) is 12.1 Å². The highest BCUT2D eigenvalue weighted by molar-refractivity contribution is 5.98. The molecule has 4 nitrogen and oxygen atoms in total. The smallest absolute Gasteiger partial charge is 0.316 e. The minimum atomic E-state index is -0.568. The number of alkyl halides is 1. The van der Waals surface area contributed by atoms with Crippen molar-refractivity contribution in [3.63, 3.8) is 0 Å². The van der Waals surface area contributed by atoms with Gasteiger partial charge in [-0.3, -0.25) is 14.1 Å². The highest BCUT2D eigenvalue weighted by Crippen LogP contribution is 2.36. The first-order valence-electron chi connectivity index (χ1n) is 13.9. The molecule has 1 saturated heterocycles. The van der Waals surface area contributed by atoms with Crippen molar-refractivity contribution in [1.29, 1.82) is 0 Å². The van der Waals surface area contributed by atoms with Gasteiger partial charge in [0.15, 0.2) is 0 Å². The number of nitrogens with zero attached hydrogens (tertiary/aromatic N) is 1. The Morgan fingerprint density at radius 2 is 1.51 bits per heavy atom. The lowest BCUT2D eigenvalue weighted by molar-refractivity contribution is -0.143. The number of esters is 1. The van der Waals surface area contributed by atoms with Gasteiger partial charge >= 0.3 is 5.97 Å². The number of allylic oxidation sites excluding steroid dienone is 1. The van der Waals surface area contributed by atoms with Crippen LogP contribution >= 0.6 is 0 Å². The number of rotatable bonds is 10. The maximum absolute atomic E-state index is 12.9. The summed E-state index contributed by atoms with van der Waals surface area (Å²) in [7, 11) is 0. The number of halogens is 1. The van der Waals surface area contributed by atoms with Gasteiger partial charge in [-0.1, -0.05) is 61.5 Å². The van der Waals surface area contributed by atoms with Crippen LogP contribution in [-0.2, 0) is 4.79 Å². The number of carbonyl (C=O) groups excluding carboxylic acids is 1. The number of benzene rings is 3. The summed E-state index contributed by atoms with van der Waals surface area (Å²) >= 11 is 0. The van der Waals surface area contributed by atoms with Crippen molar-refractivity contribution < 1.29 is 18.7 Å². The third kappa shape index (κ3) is 7.57. The molecule has 0 spiro atoms. The minimum absolute atomic E-state index is 0.173. The third-order valence-electron chi connectivity index (χ3n) is 7.15. The summed E-state index contributed by atoms with van der Waals surface area (Å²) in [6.07, 6.45) is 1.79. The van der Waals surface area contributed by atoms with E-state index in [4.69, 9.17) is 9.47 Å². The zero-order chi connectivity index (χ0) is 27.8. The van der Waals surface area contributed by atoms with Gasteiger partial charge in [-0.05, 0) is 92.3 Å². The summed E-state index contributed by atoms with van der Waals surface area (Å²) in [5.41, 5.74) is 5.13. The monoisotopic (exact) mass is 529 g/mol. The molecule has 0 saturated carbocycles. The average molecular weight is 530 g/mol. The fourth-order valence-corrected chi connectivity index (χ4v) is 4.88. The molecule has 1 aliphatic rings. The standard InChI is InChI=1S/C34H40FNO3/c1-5-31(26-9-7-6-8-10-26)32(28-13-17-30(18-14-28)39-33(37)34(2,3)4)27-11-15-29(16-12-27)38-22-21-36-20-19-25(23-35)24-36/h6-18,25H,5,19-24H2,1-4H3. The quantitative estimate of drug-likeness (QED) is 0.153. The van der Waals surface area contributed by atoms with Crippen LogP contribution in [0.25, 0.3) is 11.1 Å². The molecule has 0 aliphatic carbocycles. The fourth-order valence-electron chi connectivity index (χ4n) is 4.88. The molecule has 0 amide bonds. The molecule has 1 fully saturated rings. The average Bonchev–Trinajstić information content (AvgIpc) is 3.41. The fraction of sp³-hybridized carbons (Fsp3) is 0.382. The summed E-state index contributed by atoms with van der Waals surface area (Å²) in [4.78, 5) is 14.6. The van der Waals surface area contributed by atoms with Crippen molar-refractivity contribution in [2.75, 3.05) is 32.9 Å². The topological polar surface area (TPSA) is 38.8 Å². The van der Waals surface area contributed by atoms with E-state index in [1.165, 1.54) is 11.1 Å². The molecule has 0 radical (unpaired) electrons. The zero-order valence-electron chi connectivity index (χ0n) is 23.6. The number of hydrogen-bond donors (Lipinski definition) is 0. The SMILES string of the molecule is CCC(=C(c1ccc(OCCN2CCC(CF)C2)cc1)c1ccc(OC(=O)C(C)(C)C)cc1)c1ccccc1. The highest BCUT2D eigenvalue weighted by Gasteiger charge is 2.24. The Kier molecular flexibility index (Phi) is 9.58. The molecular weight excluding hydrogens is 489 g/mol. The van der Waals surface area contributed by atoms with Crippen molar-refractivity contribution in [3.05, 3.63) is 95.6 Å². The van der Waals surface area contributed by atoms with Crippen LogP contribution in [0.4, 0.5) is 4.39 Å². The molecule has 1 unspecified atom stereocenters. The highest BCUT2D eigenvalue weighted by atomic mass is 19.1. The molecular formula is C34H40FNO3. The largest absolute Gasteiger partial charge is 0.492 e. The van der Waals surface area contributed by atoms with Crippen LogP contribution < -0.4 is 9.47 Å². The Bertz CT molecular complexity index is 1240. The predicted molar refractivity (Wildman–Crippen MR) is 157 cm³/mol. The van der Waals surface area contributed by atoms with E-state index in [2.05, 4.69) is 48.2 Å². The first kappa shape index (κ1) is 28.6. The van der Waals surface area contributed by atoms with Crippen LogP contribution in [0.1, 0.15) is 57.2 Å². The molecule has 206 valence electrons. The summed E-state index contributed by atoms with van der Waals surface area (Å²) in [5.74, 6) is 1.27. The third-order valence-corrected chi connectivity index (χ3v) is 7.15. The van der Waals surface area contributed by atoms with E-state index in [1.807, 2.05) is 63.2 Å². The van der Waals surface area contributed by atoms with Crippen molar-refractivity contribution in [1.82, 2.24) is 4.90 Å². The summed E-state index contributed by atoms with van der Waals surface area (Å²) in [5, 5.41) is 0. The molecule has 1 heterocycles. The van der Waals surface area contributed by atoms with E-state index >= 15 is 0 Å². The van der Waals surface area contributed by atoms with Crippen LogP contribution in [0.15, 0.2) is 78.9 Å². The number of hydrogen-bond acceptors (Lipinski definition) is 4. The van der Waals surface area contributed by atoms with Crippen molar-refractivity contribution in [2.24, 2.45) is 11.3 Å². The lowest BCUT2D eigenvalue weighted by Crippen LogP contribution is -2.26. The number of carbonyl (C=O) groups is 1. The predicted octanol–water partition coefficient (Wildman–Crippen LogP) is 7.68. The summed E-state index contributed by atoms with van der Waals surface area (Å²) < 4.78 is 24.5. The van der Waals surface area contributed by atoms with Gasteiger partial charge in [-0.2, -0.15) is 0 Å². The van der Waals surface area contributed by atoms with Gasteiger partial charge in [-0.15, -0.1) is 0 Å². The van der Waals surface area contributed by atoms with E-state index < -0.39 is 5.41 Å². The van der Waals surface area contributed by atoms with E-state index in [0.717, 1.165) is 54.9 Å². The van der Waals surface area contributed by atoms with Gasteiger partial charge < -0.3 is 9.47 Å². The summed E-state index contributed by atoms with van der Waals surface area (Å²) in [6, 6.07) is 26.4. The van der Waals surface area contributed by atoms with Crippen LogP contribution in [0, 0.1) is 11.3 Å². The number of likely N-dealkylation sites (tertiary alicyclic amines) is 1. The second-order valence-corrected chi connectivity index (χ2v) is 11.2. The summed E-state index contributed by atoms with van der Waals surface area (Å²) in [6.45, 7) is 10.6. The van der Waals surface area contributed by atoms with Crippen LogP contribution in [-0.4, -0.2) is 43.8 Å². The lowest BCUT2D eigenvalue weighted by Gasteiger charge is -2.19. The molecule has 1 atom stereocenters. The molecule has 39 heavy (non-hydrogen) atoms. The van der Waals surface area contributed by atoms with E-state index in [9.17, 15) is 9.18 Å². The second kappa shape index (κ2) is 13.1. The molecule has 0 aromatic heterocycles. The van der Waals surface area contributed by atoms with Gasteiger partial charge in [0, 0.05) is 19.0 Å². The van der Waals surface area contributed by atoms with Crippen LogP contribution in [0.2, 0.25) is 0 Å². The Morgan fingerprint density at radius 1 is 0.897 bits per heavy atom. The van der Waals surface area contributed by atoms with E-state index in [-0.39, 0.29) is 18.6 Å². The second-order valence-electron chi connectivity index (χ2n) is 11.2. The molecule has 3 aromatic carbocycles. The van der Waals surface area contributed by atoms with Gasteiger partial charge in [-0.25, -0.2) is 0 Å². The lowest BCUT2D eigenvalue weighted by atomic mass is 9.88. The Hall–Kier alpha value is -3.44. The zero-order valence-corrected chi connectivity index (χ0v) is 23.6. The molecule has 1 aliphatic heterocycles. The van der Waals surface area contributed by atoms with Crippen LogP contribution in [0.3, 0.4) is 0 Å². The maximum atomic E-state index is 12.9. The van der Waals surface area contributed by atoms with E-state index in [1.54, 1.807) is 0 Å². The van der Waals surface area contributed by atoms with Gasteiger partial charge in [0.2, 0.25) is 0 Å².